The van der Waals surface area contributed by atoms with Crippen LogP contribution in [0.1, 0.15) is 80.6 Å². The summed E-state index contributed by atoms with van der Waals surface area (Å²) >= 11 is 0. The number of amides is 2. The van der Waals surface area contributed by atoms with Crippen LogP contribution in [0.3, 0.4) is 0 Å². The molecule has 216 valence electrons. The van der Waals surface area contributed by atoms with Gasteiger partial charge < -0.3 is 16.0 Å². The molecule has 2 amide bonds. The van der Waals surface area contributed by atoms with Crippen LogP contribution in [-0.2, 0) is 4.79 Å². The van der Waals surface area contributed by atoms with Crippen molar-refractivity contribution in [3.63, 3.8) is 0 Å². The van der Waals surface area contributed by atoms with Gasteiger partial charge in [0.05, 0.1) is 5.69 Å². The molecule has 0 unspecified atom stereocenters. The summed E-state index contributed by atoms with van der Waals surface area (Å²) in [6.07, 6.45) is 7.62. The Morgan fingerprint density at radius 1 is 1.10 bits per heavy atom. The third-order valence-electron chi connectivity index (χ3n) is 6.79. The number of hydrogen-bond donors (Lipinski definition) is 2. The summed E-state index contributed by atoms with van der Waals surface area (Å²) < 4.78 is 0. The lowest BCUT2D eigenvalue weighted by molar-refractivity contribution is -0.118. The number of nitrogens with zero attached hydrogens (tertiary/aromatic N) is 4. The zero-order valence-electron chi connectivity index (χ0n) is 25.4. The van der Waals surface area contributed by atoms with Crippen molar-refractivity contribution in [3.05, 3.63) is 76.3 Å². The van der Waals surface area contributed by atoms with Gasteiger partial charge in [0, 0.05) is 62.4 Å². The topological polar surface area (TPSA) is 104 Å². The lowest BCUT2D eigenvalue weighted by Crippen LogP contribution is -2.34. The number of aryl methyl sites for hydroxylation is 1. The van der Waals surface area contributed by atoms with Gasteiger partial charge >= 0.3 is 0 Å². The molecule has 1 aliphatic rings. The van der Waals surface area contributed by atoms with Crippen molar-refractivity contribution in [2.24, 2.45) is 10.7 Å². The molecule has 1 fully saturated rings. The molecule has 8 nitrogen and oxygen atoms in total. The highest BCUT2D eigenvalue weighted by atomic mass is 16.2. The second-order valence-corrected chi connectivity index (χ2v) is 10.2. The Balaban J connectivity index is 0.00000274. The van der Waals surface area contributed by atoms with Crippen LogP contribution in [0, 0.1) is 6.92 Å². The zero-order valence-corrected chi connectivity index (χ0v) is 25.4. The van der Waals surface area contributed by atoms with Crippen molar-refractivity contribution >= 4 is 29.4 Å². The Labute approximate surface area is 240 Å². The van der Waals surface area contributed by atoms with Gasteiger partial charge in [0.25, 0.3) is 5.91 Å². The lowest BCUT2D eigenvalue weighted by Gasteiger charge is -2.32. The molecule has 1 aromatic heterocycles. The third kappa shape index (κ3) is 9.45. The second-order valence-electron chi connectivity index (χ2n) is 10.2. The Kier molecular flexibility index (Phi) is 12.7. The molecule has 0 aliphatic carbocycles. The normalized spacial score (nSPS) is 15.2. The number of nitrogens with one attached hydrogen (secondary N) is 1. The highest BCUT2D eigenvalue weighted by Crippen LogP contribution is 2.29. The number of nitrogens with two attached hydrogens (primary N) is 1. The van der Waals surface area contributed by atoms with Gasteiger partial charge in [-0.2, -0.15) is 0 Å². The summed E-state index contributed by atoms with van der Waals surface area (Å²) in [5, 5.41) is 2.63. The molecule has 0 bridgehead atoms. The van der Waals surface area contributed by atoms with Gasteiger partial charge in [-0.3, -0.25) is 19.5 Å². The molecule has 0 spiro atoms. The fraction of sp³-hybridized carbons (Fsp3) is 0.438. The fourth-order valence-electron chi connectivity index (χ4n) is 4.57. The minimum absolute atomic E-state index is 0.0330. The Morgan fingerprint density at radius 3 is 2.30 bits per heavy atom. The zero-order chi connectivity index (χ0) is 29.8. The molecule has 3 rings (SSSR count). The number of likely N-dealkylation sites (tertiary alicyclic amines) is 1. The van der Waals surface area contributed by atoms with E-state index in [1.807, 2.05) is 45.9 Å². The number of hydrogen-bond acceptors (Lipinski definition) is 5. The van der Waals surface area contributed by atoms with E-state index in [-0.39, 0.29) is 11.8 Å². The van der Waals surface area contributed by atoms with E-state index in [4.69, 9.17) is 5.73 Å². The summed E-state index contributed by atoms with van der Waals surface area (Å²) in [4.78, 5) is 36.5. The van der Waals surface area contributed by atoms with Crippen LogP contribution in [-0.4, -0.2) is 66.2 Å². The molecule has 3 N–H and O–H groups in total. The van der Waals surface area contributed by atoms with E-state index in [1.54, 1.807) is 31.4 Å². The average Bonchev–Trinajstić information content (AvgIpc) is 2.94. The first kappa shape index (κ1) is 32.4. The molecule has 2 aromatic rings. The molecule has 40 heavy (non-hydrogen) atoms. The monoisotopic (exact) mass is 546 g/mol. The number of aromatic nitrogens is 1. The van der Waals surface area contributed by atoms with Gasteiger partial charge in [0.1, 0.15) is 5.84 Å². The highest BCUT2D eigenvalue weighted by Gasteiger charge is 2.21. The number of rotatable bonds is 8. The summed E-state index contributed by atoms with van der Waals surface area (Å²) in [5.41, 5.74) is 12.7. The fourth-order valence-corrected chi connectivity index (χ4v) is 4.57. The summed E-state index contributed by atoms with van der Waals surface area (Å²) in [6.45, 7) is 14.3. The molecular weight excluding hydrogens is 500 g/mol. The van der Waals surface area contributed by atoms with Crippen molar-refractivity contribution in [1.29, 1.82) is 0 Å². The van der Waals surface area contributed by atoms with E-state index >= 15 is 0 Å². The maximum absolute atomic E-state index is 12.2. The summed E-state index contributed by atoms with van der Waals surface area (Å²) in [5.74, 6) is 0.732. The molecule has 1 aliphatic heterocycles. The van der Waals surface area contributed by atoms with E-state index in [2.05, 4.69) is 45.3 Å². The smallest absolute Gasteiger partial charge is 0.253 e. The Morgan fingerprint density at radius 2 is 1.73 bits per heavy atom. The Bertz CT molecular complexity index is 1240. The predicted octanol–water partition coefficient (Wildman–Crippen LogP) is 5.43. The number of amidine groups is 1. The summed E-state index contributed by atoms with van der Waals surface area (Å²) in [6, 6.07) is 9.95. The molecule has 8 heteroatoms. The first-order chi connectivity index (χ1) is 19.0. The molecular formula is C32H46N6O2. The van der Waals surface area contributed by atoms with Crippen LogP contribution >= 0.6 is 0 Å². The van der Waals surface area contributed by atoms with E-state index in [0.717, 1.165) is 55.0 Å². The van der Waals surface area contributed by atoms with Gasteiger partial charge in [0.2, 0.25) is 5.91 Å². The van der Waals surface area contributed by atoms with Gasteiger partial charge in [-0.25, -0.2) is 4.99 Å². The number of carbonyl (C=O) groups excluding carboxylic acids is 2. The van der Waals surface area contributed by atoms with Crippen LogP contribution < -0.4 is 11.1 Å². The number of aliphatic imine (C=N–C) groups is 1. The van der Waals surface area contributed by atoms with Crippen molar-refractivity contribution in [2.75, 3.05) is 33.7 Å². The van der Waals surface area contributed by atoms with Crippen molar-refractivity contribution < 1.29 is 9.59 Å². The molecule has 1 saturated heterocycles. The van der Waals surface area contributed by atoms with Crippen molar-refractivity contribution in [1.82, 2.24) is 20.1 Å². The van der Waals surface area contributed by atoms with E-state index in [9.17, 15) is 9.59 Å². The van der Waals surface area contributed by atoms with Crippen LogP contribution in [0.4, 0.5) is 5.69 Å². The summed E-state index contributed by atoms with van der Waals surface area (Å²) in [7, 11) is 3.55. The quantitative estimate of drug-likeness (QED) is 0.339. The Hall–Kier alpha value is -3.78. The molecule has 0 radical (unpaired) electrons. The van der Waals surface area contributed by atoms with Crippen LogP contribution in [0.15, 0.2) is 58.9 Å². The standard InChI is InChI=1S/C30H40N6O2.C2H6/c1-20(17-27-22(3)32-14-11-28(27)34-29(31)21(2)18-33-23(4)37)19-36-15-12-25(13-16-36)24-7-9-26(10-8-24)30(38)35(5)6;1-2/h7-11,14,17-18,25H,12-13,15-16,19H2,1-6H3,(H,33,37)(H2,31,32,34);1-2H3/b20-17+,21-18-;. The highest BCUT2D eigenvalue weighted by molar-refractivity contribution is 5.99. The second kappa shape index (κ2) is 15.7. The largest absolute Gasteiger partial charge is 0.383 e. The molecule has 1 aromatic carbocycles. The van der Waals surface area contributed by atoms with Crippen molar-refractivity contribution in [2.45, 2.75) is 60.3 Å². The van der Waals surface area contributed by atoms with Gasteiger partial charge in [0.15, 0.2) is 0 Å². The average molecular weight is 547 g/mol. The first-order valence-corrected chi connectivity index (χ1v) is 14.0. The van der Waals surface area contributed by atoms with E-state index in [1.165, 1.54) is 18.1 Å². The first-order valence-electron chi connectivity index (χ1n) is 14.0. The number of carbonyl (C=O) groups is 2. The number of benzene rings is 1. The molecule has 2 heterocycles. The SMILES string of the molecule is CC.CC(=O)N/C=C(/C)C(N)=Nc1ccnc(C)c1/C=C(\C)CN1CCC(c2ccc(C(=O)N(C)C)cc2)CC1. The predicted molar refractivity (Wildman–Crippen MR) is 166 cm³/mol. The van der Waals surface area contributed by atoms with Crippen LogP contribution in [0.2, 0.25) is 0 Å². The van der Waals surface area contributed by atoms with Gasteiger partial charge in [-0.1, -0.05) is 37.6 Å². The van der Waals surface area contributed by atoms with Crippen molar-refractivity contribution in [3.8, 4) is 0 Å². The minimum atomic E-state index is -0.158. The van der Waals surface area contributed by atoms with Crippen LogP contribution in [0.25, 0.3) is 6.08 Å². The van der Waals surface area contributed by atoms with E-state index in [0.29, 0.717) is 17.3 Å². The van der Waals surface area contributed by atoms with E-state index < -0.39 is 0 Å². The van der Waals surface area contributed by atoms with Gasteiger partial charge in [-0.15, -0.1) is 0 Å². The third-order valence-corrected chi connectivity index (χ3v) is 6.79. The molecule has 0 atom stereocenters. The van der Waals surface area contributed by atoms with Gasteiger partial charge in [-0.05, 0) is 76.4 Å². The lowest BCUT2D eigenvalue weighted by atomic mass is 9.88. The number of piperidine rings is 1. The maximum Gasteiger partial charge on any atom is 0.253 e. The molecule has 0 saturated carbocycles. The van der Waals surface area contributed by atoms with Crippen LogP contribution in [0.5, 0.6) is 0 Å². The number of pyridine rings is 1. The maximum atomic E-state index is 12.2. The minimum Gasteiger partial charge on any atom is -0.383 e.